The third kappa shape index (κ3) is 4.43. The van der Waals surface area contributed by atoms with Crippen molar-refractivity contribution in [3.05, 3.63) is 101 Å². The molecule has 4 nitrogen and oxygen atoms in total. The number of amides is 1. The van der Waals surface area contributed by atoms with Gasteiger partial charge in [0.25, 0.3) is 0 Å². The third-order valence-electron chi connectivity index (χ3n) is 6.54. The summed E-state index contributed by atoms with van der Waals surface area (Å²) in [6.07, 6.45) is 1.75. The number of aromatic nitrogens is 1. The number of hydrogen-bond donors (Lipinski definition) is 0. The number of thiazole rings is 1. The Hall–Kier alpha value is -3.02. The van der Waals surface area contributed by atoms with Crippen LogP contribution in [-0.4, -0.2) is 28.9 Å². The van der Waals surface area contributed by atoms with E-state index in [0.717, 1.165) is 28.9 Å². The van der Waals surface area contributed by atoms with Crippen molar-refractivity contribution < 1.29 is 9.53 Å². The van der Waals surface area contributed by atoms with E-state index >= 15 is 0 Å². The van der Waals surface area contributed by atoms with Gasteiger partial charge in [-0.2, -0.15) is 0 Å². The van der Waals surface area contributed by atoms with Gasteiger partial charge in [-0.15, -0.1) is 11.3 Å². The zero-order chi connectivity index (χ0) is 22.7. The molecule has 1 aliphatic rings. The first-order valence-corrected chi connectivity index (χ1v) is 12.3. The molecule has 5 rings (SSSR count). The van der Waals surface area contributed by atoms with E-state index in [9.17, 15) is 4.79 Å². The van der Waals surface area contributed by atoms with E-state index in [1.165, 1.54) is 15.8 Å². The van der Waals surface area contributed by atoms with Crippen LogP contribution in [0.4, 0.5) is 0 Å². The maximum atomic E-state index is 12.4. The van der Waals surface area contributed by atoms with Crippen LogP contribution in [0.15, 0.2) is 78.9 Å². The molecule has 0 fully saturated rings. The Morgan fingerprint density at radius 2 is 1.79 bits per heavy atom. The van der Waals surface area contributed by atoms with Gasteiger partial charge in [-0.05, 0) is 41.7 Å². The molecule has 5 heteroatoms. The van der Waals surface area contributed by atoms with Crippen LogP contribution in [0.25, 0.3) is 10.2 Å². The first-order valence-electron chi connectivity index (χ1n) is 11.5. The molecule has 3 aromatic carbocycles. The average molecular weight is 457 g/mol. The fourth-order valence-corrected chi connectivity index (χ4v) is 6.00. The minimum absolute atomic E-state index is 0.105. The van der Waals surface area contributed by atoms with Gasteiger partial charge in [-0.25, -0.2) is 4.98 Å². The monoisotopic (exact) mass is 456 g/mol. The lowest BCUT2D eigenvalue weighted by atomic mass is 9.74. The van der Waals surface area contributed by atoms with E-state index < -0.39 is 0 Å². The molecular weight excluding hydrogens is 428 g/mol. The summed E-state index contributed by atoms with van der Waals surface area (Å²) < 4.78 is 7.35. The average Bonchev–Trinajstić information content (AvgIpc) is 3.29. The van der Waals surface area contributed by atoms with E-state index in [1.807, 2.05) is 29.2 Å². The van der Waals surface area contributed by atoms with Crippen LogP contribution in [-0.2, 0) is 28.1 Å². The molecule has 0 spiro atoms. The highest BCUT2D eigenvalue weighted by molar-refractivity contribution is 7.18. The van der Waals surface area contributed by atoms with Crippen molar-refractivity contribution in [1.29, 1.82) is 0 Å². The molecule has 1 aliphatic heterocycles. The first kappa shape index (κ1) is 21.8. The van der Waals surface area contributed by atoms with Crippen LogP contribution >= 0.6 is 11.3 Å². The lowest BCUT2D eigenvalue weighted by Gasteiger charge is -2.38. The van der Waals surface area contributed by atoms with Crippen LogP contribution in [0.1, 0.15) is 41.5 Å². The van der Waals surface area contributed by atoms with Crippen LogP contribution in [0, 0.1) is 0 Å². The van der Waals surface area contributed by atoms with E-state index in [-0.39, 0.29) is 11.3 Å². The third-order valence-corrected chi connectivity index (χ3v) is 7.78. The summed E-state index contributed by atoms with van der Waals surface area (Å²) in [5.41, 5.74) is 4.44. The van der Waals surface area contributed by atoms with Crippen molar-refractivity contribution in [2.75, 3.05) is 13.2 Å². The molecule has 1 aromatic heterocycles. The molecule has 4 aromatic rings. The Bertz CT molecular complexity index is 1220. The summed E-state index contributed by atoms with van der Waals surface area (Å²) in [7, 11) is 0. The van der Waals surface area contributed by atoms with Crippen molar-refractivity contribution in [3.8, 4) is 0 Å². The Balaban J connectivity index is 1.44. The summed E-state index contributed by atoms with van der Waals surface area (Å²) in [6.45, 7) is 4.25. The van der Waals surface area contributed by atoms with E-state index in [2.05, 4.69) is 54.6 Å². The number of carbonyl (C=O) groups is 1. The van der Waals surface area contributed by atoms with Gasteiger partial charge in [0.2, 0.25) is 5.91 Å². The fourth-order valence-electron chi connectivity index (χ4n) is 4.82. The predicted molar refractivity (Wildman–Crippen MR) is 133 cm³/mol. The standard InChI is InChI=1S/C28H28N2O2S/c1-21(31)30(18-22-10-3-2-4-11-22)17-9-16-28(20-32-19-23-12-5-6-13-24(23)28)27-29-25-14-7-8-15-26(25)33-27/h2-8,10-15H,9,16-20H2,1H3. The molecule has 0 saturated carbocycles. The fraction of sp³-hybridized carbons (Fsp3) is 0.286. The first-order chi connectivity index (χ1) is 16.2. The van der Waals surface area contributed by atoms with Crippen molar-refractivity contribution in [3.63, 3.8) is 0 Å². The Morgan fingerprint density at radius 3 is 2.61 bits per heavy atom. The number of para-hydroxylation sites is 1. The van der Waals surface area contributed by atoms with Gasteiger partial charge in [-0.3, -0.25) is 4.79 Å². The maximum absolute atomic E-state index is 12.4. The van der Waals surface area contributed by atoms with Crippen molar-refractivity contribution in [2.45, 2.75) is 38.3 Å². The van der Waals surface area contributed by atoms with Crippen molar-refractivity contribution in [2.24, 2.45) is 0 Å². The zero-order valence-electron chi connectivity index (χ0n) is 18.9. The quantitative estimate of drug-likeness (QED) is 0.346. The van der Waals surface area contributed by atoms with Crippen molar-refractivity contribution in [1.82, 2.24) is 9.88 Å². The molecule has 0 radical (unpaired) electrons. The Morgan fingerprint density at radius 1 is 1.03 bits per heavy atom. The van der Waals surface area contributed by atoms with Gasteiger partial charge in [0.15, 0.2) is 0 Å². The molecule has 0 N–H and O–H groups in total. The van der Waals surface area contributed by atoms with E-state index in [0.29, 0.717) is 26.3 Å². The Labute approximate surface area is 198 Å². The largest absolute Gasteiger partial charge is 0.375 e. The van der Waals surface area contributed by atoms with Gasteiger partial charge in [-0.1, -0.05) is 66.7 Å². The van der Waals surface area contributed by atoms with Gasteiger partial charge in [0.1, 0.15) is 5.01 Å². The number of ether oxygens (including phenoxy) is 1. The molecule has 33 heavy (non-hydrogen) atoms. The molecule has 0 aliphatic carbocycles. The Kier molecular flexibility index (Phi) is 6.25. The number of carbonyl (C=O) groups excluding carboxylic acids is 1. The SMILES string of the molecule is CC(=O)N(CCCC1(c2nc3ccccc3s2)COCc2ccccc21)Cc1ccccc1. The van der Waals surface area contributed by atoms with Crippen LogP contribution in [0.3, 0.4) is 0 Å². The second-order valence-corrected chi connectivity index (χ2v) is 9.78. The summed E-state index contributed by atoms with van der Waals surface area (Å²) in [6, 6.07) is 27.1. The van der Waals surface area contributed by atoms with Crippen LogP contribution in [0.2, 0.25) is 0 Å². The summed E-state index contributed by atoms with van der Waals surface area (Å²) in [5.74, 6) is 0.105. The topological polar surface area (TPSA) is 42.4 Å². The van der Waals surface area contributed by atoms with Gasteiger partial charge >= 0.3 is 0 Å². The summed E-state index contributed by atoms with van der Waals surface area (Å²) in [5, 5.41) is 1.10. The zero-order valence-corrected chi connectivity index (χ0v) is 19.7. The molecule has 168 valence electrons. The molecule has 0 saturated heterocycles. The normalized spacial score (nSPS) is 17.6. The summed E-state index contributed by atoms with van der Waals surface area (Å²) in [4.78, 5) is 19.4. The van der Waals surface area contributed by atoms with Crippen LogP contribution < -0.4 is 0 Å². The minimum Gasteiger partial charge on any atom is -0.375 e. The van der Waals surface area contributed by atoms with Gasteiger partial charge in [0, 0.05) is 20.0 Å². The smallest absolute Gasteiger partial charge is 0.219 e. The second-order valence-electron chi connectivity index (χ2n) is 8.75. The lowest BCUT2D eigenvalue weighted by Crippen LogP contribution is -2.39. The predicted octanol–water partition coefficient (Wildman–Crippen LogP) is 5.94. The van der Waals surface area contributed by atoms with Gasteiger partial charge in [0.05, 0.1) is 28.8 Å². The lowest BCUT2D eigenvalue weighted by molar-refractivity contribution is -0.129. The number of fused-ring (bicyclic) bond motifs is 2. The number of benzene rings is 3. The molecule has 1 atom stereocenters. The summed E-state index contributed by atoms with van der Waals surface area (Å²) >= 11 is 1.76. The number of rotatable bonds is 7. The maximum Gasteiger partial charge on any atom is 0.219 e. The van der Waals surface area contributed by atoms with Gasteiger partial charge < -0.3 is 9.64 Å². The molecule has 1 amide bonds. The molecular formula is C28H28N2O2S. The highest BCUT2D eigenvalue weighted by Crippen LogP contribution is 2.44. The second kappa shape index (κ2) is 9.46. The highest BCUT2D eigenvalue weighted by Gasteiger charge is 2.41. The number of hydrogen-bond acceptors (Lipinski definition) is 4. The van der Waals surface area contributed by atoms with Crippen LogP contribution in [0.5, 0.6) is 0 Å². The number of nitrogens with zero attached hydrogens (tertiary/aromatic N) is 2. The van der Waals surface area contributed by atoms with Crippen molar-refractivity contribution >= 4 is 27.5 Å². The molecule has 0 bridgehead atoms. The minimum atomic E-state index is -0.298. The molecule has 2 heterocycles. The van der Waals surface area contributed by atoms with E-state index in [4.69, 9.17) is 9.72 Å². The van der Waals surface area contributed by atoms with E-state index in [1.54, 1.807) is 18.3 Å². The molecule has 1 unspecified atom stereocenters. The highest BCUT2D eigenvalue weighted by atomic mass is 32.1.